The fourth-order valence-corrected chi connectivity index (χ4v) is 5.02. The lowest BCUT2D eigenvalue weighted by Gasteiger charge is -2.46. The van der Waals surface area contributed by atoms with Crippen LogP contribution >= 0.6 is 0 Å². The van der Waals surface area contributed by atoms with Crippen molar-refractivity contribution in [3.8, 4) is 0 Å². The van der Waals surface area contributed by atoms with Gasteiger partial charge in [0.25, 0.3) is 0 Å². The number of Topliss-reactive ketones (excluding diaryl/α,β-unsaturated/α-hetero) is 1. The number of carbonyl (C=O) groups is 3. The van der Waals surface area contributed by atoms with Crippen LogP contribution in [-0.2, 0) is 25.5 Å². The molecule has 0 aromatic heterocycles. The largest absolute Gasteiger partial charge is 0.466 e. The maximum Gasteiger partial charge on any atom is 0.320 e. The van der Waals surface area contributed by atoms with Gasteiger partial charge in [-0.2, -0.15) is 0 Å². The van der Waals surface area contributed by atoms with Crippen LogP contribution in [0.2, 0.25) is 0 Å². The van der Waals surface area contributed by atoms with Crippen LogP contribution in [0.25, 0.3) is 0 Å². The zero-order valence-electron chi connectivity index (χ0n) is 18.4. The molecule has 0 saturated carbocycles. The molecule has 1 heterocycles. The van der Waals surface area contributed by atoms with Gasteiger partial charge in [-0.25, -0.2) is 0 Å². The minimum atomic E-state index is -1.25. The second kappa shape index (κ2) is 9.73. The summed E-state index contributed by atoms with van der Waals surface area (Å²) in [5.41, 5.74) is 1.70. The molecular weight excluding hydrogens is 382 g/mol. The molecule has 2 aliphatic rings. The third-order valence-corrected chi connectivity index (χ3v) is 6.33. The molecule has 1 aromatic carbocycles. The van der Waals surface area contributed by atoms with Crippen molar-refractivity contribution in [3.05, 3.63) is 34.9 Å². The van der Waals surface area contributed by atoms with Crippen LogP contribution in [0.1, 0.15) is 80.4 Å². The van der Waals surface area contributed by atoms with Crippen molar-refractivity contribution in [1.29, 1.82) is 0 Å². The molecule has 3 rings (SSSR count). The van der Waals surface area contributed by atoms with Gasteiger partial charge in [0.05, 0.1) is 13.2 Å². The van der Waals surface area contributed by atoms with Gasteiger partial charge in [0, 0.05) is 24.6 Å². The summed E-state index contributed by atoms with van der Waals surface area (Å²) in [4.78, 5) is 41.2. The van der Waals surface area contributed by atoms with E-state index in [1.807, 2.05) is 12.1 Å². The molecule has 6 heteroatoms. The SMILES string of the molecule is CCCN1CCc2cccc3c2C1CC(CCCC(=O)OCC)(C(=O)OCC)C3=O. The molecule has 1 aliphatic heterocycles. The van der Waals surface area contributed by atoms with Gasteiger partial charge >= 0.3 is 11.9 Å². The van der Waals surface area contributed by atoms with Crippen molar-refractivity contribution in [2.75, 3.05) is 26.3 Å². The van der Waals surface area contributed by atoms with E-state index in [0.29, 0.717) is 31.4 Å². The second-order valence-corrected chi connectivity index (χ2v) is 8.17. The average Bonchev–Trinajstić information content (AvgIpc) is 2.73. The molecule has 1 aliphatic carbocycles. The Kier molecular flexibility index (Phi) is 7.29. The highest BCUT2D eigenvalue weighted by molar-refractivity contribution is 6.14. The van der Waals surface area contributed by atoms with Crippen molar-refractivity contribution >= 4 is 17.7 Å². The van der Waals surface area contributed by atoms with E-state index in [2.05, 4.69) is 17.9 Å². The third kappa shape index (κ3) is 4.15. The second-order valence-electron chi connectivity index (χ2n) is 8.17. The number of nitrogens with zero attached hydrogens (tertiary/aromatic N) is 1. The smallest absolute Gasteiger partial charge is 0.320 e. The molecule has 0 bridgehead atoms. The van der Waals surface area contributed by atoms with Gasteiger partial charge in [0.2, 0.25) is 0 Å². The van der Waals surface area contributed by atoms with E-state index in [0.717, 1.165) is 31.5 Å². The molecule has 30 heavy (non-hydrogen) atoms. The number of hydrogen-bond acceptors (Lipinski definition) is 6. The van der Waals surface area contributed by atoms with Crippen LogP contribution in [0.3, 0.4) is 0 Å². The third-order valence-electron chi connectivity index (χ3n) is 6.33. The first-order valence-electron chi connectivity index (χ1n) is 11.2. The van der Waals surface area contributed by atoms with Crippen LogP contribution in [0.4, 0.5) is 0 Å². The van der Waals surface area contributed by atoms with Gasteiger partial charge in [-0.1, -0.05) is 25.1 Å². The van der Waals surface area contributed by atoms with Crippen LogP contribution in [0.15, 0.2) is 18.2 Å². The summed E-state index contributed by atoms with van der Waals surface area (Å²) >= 11 is 0. The number of esters is 2. The normalized spacial score (nSPS) is 23.0. The first kappa shape index (κ1) is 22.5. The summed E-state index contributed by atoms with van der Waals surface area (Å²) < 4.78 is 10.4. The Labute approximate surface area is 178 Å². The van der Waals surface area contributed by atoms with Crippen molar-refractivity contribution in [1.82, 2.24) is 4.90 Å². The van der Waals surface area contributed by atoms with Crippen molar-refractivity contribution in [3.63, 3.8) is 0 Å². The lowest BCUT2D eigenvalue weighted by Crippen LogP contribution is -2.50. The van der Waals surface area contributed by atoms with Gasteiger partial charge in [-0.3, -0.25) is 19.3 Å². The number of rotatable bonds is 9. The van der Waals surface area contributed by atoms with Crippen LogP contribution < -0.4 is 0 Å². The summed E-state index contributed by atoms with van der Waals surface area (Å²) in [5.74, 6) is -0.916. The Hall–Kier alpha value is -2.21. The summed E-state index contributed by atoms with van der Waals surface area (Å²) in [6.45, 7) is 8.07. The first-order chi connectivity index (χ1) is 14.5. The number of ether oxygens (including phenoxy) is 2. The van der Waals surface area contributed by atoms with Gasteiger partial charge in [0.15, 0.2) is 5.78 Å². The lowest BCUT2D eigenvalue weighted by atomic mass is 9.64. The maximum atomic E-state index is 13.7. The van der Waals surface area contributed by atoms with Gasteiger partial charge < -0.3 is 9.47 Å². The van der Waals surface area contributed by atoms with Crippen LogP contribution in [-0.4, -0.2) is 48.9 Å². The van der Waals surface area contributed by atoms with E-state index in [4.69, 9.17) is 9.47 Å². The van der Waals surface area contributed by atoms with E-state index in [1.54, 1.807) is 13.8 Å². The fraction of sp³-hybridized carbons (Fsp3) is 0.625. The van der Waals surface area contributed by atoms with Gasteiger partial charge in [-0.05, 0) is 63.6 Å². The highest BCUT2D eigenvalue weighted by Crippen LogP contribution is 2.50. The van der Waals surface area contributed by atoms with Crippen LogP contribution in [0, 0.1) is 5.41 Å². The van der Waals surface area contributed by atoms with E-state index < -0.39 is 11.4 Å². The summed E-state index contributed by atoms with van der Waals surface area (Å²) in [6, 6.07) is 5.88. The van der Waals surface area contributed by atoms with Gasteiger partial charge in [-0.15, -0.1) is 0 Å². The van der Waals surface area contributed by atoms with E-state index in [9.17, 15) is 14.4 Å². The van der Waals surface area contributed by atoms with E-state index in [1.165, 1.54) is 5.56 Å². The molecule has 2 atom stereocenters. The summed E-state index contributed by atoms with van der Waals surface area (Å²) in [7, 11) is 0. The predicted octanol–water partition coefficient (Wildman–Crippen LogP) is 3.87. The monoisotopic (exact) mass is 415 g/mol. The van der Waals surface area contributed by atoms with Crippen molar-refractivity contribution < 1.29 is 23.9 Å². The minimum absolute atomic E-state index is 0.0228. The van der Waals surface area contributed by atoms with Gasteiger partial charge in [0.1, 0.15) is 5.41 Å². The molecule has 0 radical (unpaired) electrons. The molecule has 6 nitrogen and oxygen atoms in total. The number of hydrogen-bond donors (Lipinski definition) is 0. The number of benzene rings is 1. The Balaban J connectivity index is 1.98. The number of carbonyl (C=O) groups excluding carboxylic acids is 3. The Morgan fingerprint density at radius 2 is 1.93 bits per heavy atom. The topological polar surface area (TPSA) is 72.9 Å². The molecule has 1 aromatic rings. The molecule has 2 unspecified atom stereocenters. The number of ketones is 1. The van der Waals surface area contributed by atoms with Crippen molar-refractivity contribution in [2.24, 2.45) is 5.41 Å². The quantitative estimate of drug-likeness (QED) is 0.450. The van der Waals surface area contributed by atoms with Crippen LogP contribution in [0.5, 0.6) is 0 Å². The highest BCUT2D eigenvalue weighted by Gasteiger charge is 2.54. The lowest BCUT2D eigenvalue weighted by molar-refractivity contribution is -0.155. The molecule has 164 valence electrons. The molecule has 0 spiro atoms. The summed E-state index contributed by atoms with van der Waals surface area (Å²) in [5, 5.41) is 0. The molecule has 0 fully saturated rings. The first-order valence-corrected chi connectivity index (χ1v) is 11.2. The zero-order chi connectivity index (χ0) is 21.7. The minimum Gasteiger partial charge on any atom is -0.466 e. The predicted molar refractivity (Wildman–Crippen MR) is 113 cm³/mol. The fourth-order valence-electron chi connectivity index (χ4n) is 5.02. The standard InChI is InChI=1S/C24H33NO5/c1-4-14-25-15-12-17-9-7-10-18-21(17)19(25)16-24(22(18)27,23(28)30-6-3)13-8-11-20(26)29-5-2/h7,9-10,19H,4-6,8,11-16H2,1-3H3. The van der Waals surface area contributed by atoms with E-state index in [-0.39, 0.29) is 30.8 Å². The zero-order valence-corrected chi connectivity index (χ0v) is 18.4. The molecule has 0 amide bonds. The van der Waals surface area contributed by atoms with Crippen molar-refractivity contribution in [2.45, 2.75) is 65.3 Å². The highest BCUT2D eigenvalue weighted by atomic mass is 16.5. The maximum absolute atomic E-state index is 13.7. The Bertz CT molecular complexity index is 805. The molecular formula is C24H33NO5. The Morgan fingerprint density at radius 3 is 2.63 bits per heavy atom. The molecule has 0 N–H and O–H groups in total. The summed E-state index contributed by atoms with van der Waals surface area (Å²) in [6.07, 6.45) is 3.25. The van der Waals surface area contributed by atoms with E-state index >= 15 is 0 Å². The average molecular weight is 416 g/mol. The Morgan fingerprint density at radius 1 is 1.17 bits per heavy atom. The molecule has 0 saturated heterocycles.